The number of rotatable bonds is 4. The molecule has 3 heterocycles. The Kier molecular flexibility index (Phi) is 4.18. The second-order valence-electron chi connectivity index (χ2n) is 6.31. The van der Waals surface area contributed by atoms with Gasteiger partial charge in [0, 0.05) is 32.0 Å². The summed E-state index contributed by atoms with van der Waals surface area (Å²) in [5.74, 6) is 0. The molecular weight excluding hydrogens is 236 g/mol. The zero-order valence-electron chi connectivity index (χ0n) is 11.9. The molecule has 1 aromatic heterocycles. The summed E-state index contributed by atoms with van der Waals surface area (Å²) in [6.45, 7) is 7.41. The number of nitrogens with zero attached hydrogens (tertiary/aromatic N) is 3. The van der Waals surface area contributed by atoms with Gasteiger partial charge in [-0.25, -0.2) is 4.98 Å². The van der Waals surface area contributed by atoms with Crippen LogP contribution in [0.4, 0.5) is 0 Å². The Labute approximate surface area is 116 Å². The maximum absolute atomic E-state index is 4.10. The molecule has 0 bridgehead atoms. The van der Waals surface area contributed by atoms with Crippen LogP contribution in [0.2, 0.25) is 0 Å². The Balaban J connectivity index is 1.45. The highest BCUT2D eigenvalue weighted by molar-refractivity contribution is 4.91. The third-order valence-electron chi connectivity index (χ3n) is 4.75. The van der Waals surface area contributed by atoms with Crippen molar-refractivity contribution in [3.63, 3.8) is 0 Å². The van der Waals surface area contributed by atoms with Crippen LogP contribution in [0.25, 0.3) is 0 Å². The van der Waals surface area contributed by atoms with Gasteiger partial charge >= 0.3 is 0 Å². The van der Waals surface area contributed by atoms with Crippen LogP contribution in [0.15, 0.2) is 18.7 Å². The lowest BCUT2D eigenvalue weighted by molar-refractivity contribution is 0.0633. The fraction of sp³-hybridized carbons (Fsp3) is 0.800. The van der Waals surface area contributed by atoms with E-state index in [1.54, 1.807) is 0 Å². The normalized spacial score (nSPS) is 28.8. The number of nitrogens with one attached hydrogen (secondary N) is 1. The van der Waals surface area contributed by atoms with Crippen LogP contribution in [0, 0.1) is 5.41 Å². The molecule has 2 fully saturated rings. The topological polar surface area (TPSA) is 33.1 Å². The molecule has 1 unspecified atom stereocenters. The standard InChI is InChI=1S/C15H26N4/c1-4-15(12-16-6-1)5-2-8-18(13-15)9-3-10-19-11-7-17-14-19/h7,11,14,16H,1-6,8-10,12-13H2. The summed E-state index contributed by atoms with van der Waals surface area (Å²) in [7, 11) is 0. The molecule has 1 spiro atoms. The number of aromatic nitrogens is 2. The van der Waals surface area contributed by atoms with Gasteiger partial charge in [0.25, 0.3) is 0 Å². The minimum atomic E-state index is 0.589. The summed E-state index contributed by atoms with van der Waals surface area (Å²) in [6, 6.07) is 0. The predicted molar refractivity (Wildman–Crippen MR) is 77.1 cm³/mol. The minimum Gasteiger partial charge on any atom is -0.337 e. The van der Waals surface area contributed by atoms with Gasteiger partial charge in [0.15, 0.2) is 0 Å². The molecule has 1 N–H and O–H groups in total. The molecule has 1 aromatic rings. The monoisotopic (exact) mass is 262 g/mol. The molecule has 4 heteroatoms. The number of likely N-dealkylation sites (tertiary alicyclic amines) is 1. The van der Waals surface area contributed by atoms with E-state index >= 15 is 0 Å². The first-order chi connectivity index (χ1) is 9.36. The molecule has 0 amide bonds. The lowest BCUT2D eigenvalue weighted by Gasteiger charge is -2.45. The van der Waals surface area contributed by atoms with Crippen LogP contribution >= 0.6 is 0 Å². The van der Waals surface area contributed by atoms with Crippen molar-refractivity contribution in [3.05, 3.63) is 18.7 Å². The van der Waals surface area contributed by atoms with E-state index in [0.717, 1.165) is 6.54 Å². The summed E-state index contributed by atoms with van der Waals surface area (Å²) in [4.78, 5) is 6.78. The summed E-state index contributed by atoms with van der Waals surface area (Å²) < 4.78 is 2.18. The van der Waals surface area contributed by atoms with Crippen molar-refractivity contribution in [3.8, 4) is 0 Å². The third kappa shape index (κ3) is 3.37. The molecule has 2 aliphatic rings. The van der Waals surface area contributed by atoms with E-state index in [2.05, 4.69) is 26.0 Å². The van der Waals surface area contributed by atoms with Gasteiger partial charge in [-0.2, -0.15) is 0 Å². The molecule has 0 aliphatic carbocycles. The second kappa shape index (κ2) is 6.06. The lowest BCUT2D eigenvalue weighted by Crippen LogP contribution is -2.51. The number of piperidine rings is 2. The van der Waals surface area contributed by atoms with E-state index in [-0.39, 0.29) is 0 Å². The Hall–Kier alpha value is -0.870. The van der Waals surface area contributed by atoms with Crippen LogP contribution in [0.5, 0.6) is 0 Å². The van der Waals surface area contributed by atoms with Gasteiger partial charge < -0.3 is 14.8 Å². The second-order valence-corrected chi connectivity index (χ2v) is 6.31. The third-order valence-corrected chi connectivity index (χ3v) is 4.75. The molecule has 19 heavy (non-hydrogen) atoms. The highest BCUT2D eigenvalue weighted by Crippen LogP contribution is 2.35. The summed E-state index contributed by atoms with van der Waals surface area (Å²) in [5.41, 5.74) is 0.589. The first-order valence-electron chi connectivity index (χ1n) is 7.75. The molecule has 2 aliphatic heterocycles. The molecule has 1 atom stereocenters. The first-order valence-corrected chi connectivity index (χ1v) is 7.75. The van der Waals surface area contributed by atoms with Crippen LogP contribution in [0.3, 0.4) is 0 Å². The van der Waals surface area contributed by atoms with E-state index in [0.29, 0.717) is 5.41 Å². The maximum Gasteiger partial charge on any atom is 0.0945 e. The Bertz CT molecular complexity index is 362. The number of aryl methyl sites for hydroxylation is 1. The Morgan fingerprint density at radius 3 is 2.95 bits per heavy atom. The molecule has 2 saturated heterocycles. The summed E-state index contributed by atoms with van der Waals surface area (Å²) in [6.07, 6.45) is 12.7. The molecular formula is C15H26N4. The zero-order chi connectivity index (χ0) is 13.0. The minimum absolute atomic E-state index is 0.589. The van der Waals surface area contributed by atoms with Gasteiger partial charge in [-0.05, 0) is 57.2 Å². The zero-order valence-corrected chi connectivity index (χ0v) is 11.9. The first kappa shape index (κ1) is 13.1. The van der Waals surface area contributed by atoms with Crippen molar-refractivity contribution in [2.45, 2.75) is 38.6 Å². The highest BCUT2D eigenvalue weighted by atomic mass is 15.1. The van der Waals surface area contributed by atoms with Crippen LogP contribution in [-0.4, -0.2) is 47.2 Å². The van der Waals surface area contributed by atoms with E-state index in [4.69, 9.17) is 0 Å². The largest absolute Gasteiger partial charge is 0.337 e. The fourth-order valence-electron chi connectivity index (χ4n) is 3.78. The van der Waals surface area contributed by atoms with Crippen LogP contribution < -0.4 is 5.32 Å². The Morgan fingerprint density at radius 2 is 2.16 bits per heavy atom. The van der Waals surface area contributed by atoms with E-state index in [9.17, 15) is 0 Å². The molecule has 4 nitrogen and oxygen atoms in total. The van der Waals surface area contributed by atoms with Gasteiger partial charge in [-0.15, -0.1) is 0 Å². The van der Waals surface area contributed by atoms with E-state index in [1.807, 2.05) is 12.5 Å². The maximum atomic E-state index is 4.10. The fourth-order valence-corrected chi connectivity index (χ4v) is 3.78. The predicted octanol–water partition coefficient (Wildman–Crippen LogP) is 1.74. The highest BCUT2D eigenvalue weighted by Gasteiger charge is 2.36. The molecule has 106 valence electrons. The van der Waals surface area contributed by atoms with Crippen molar-refractivity contribution in [2.75, 3.05) is 32.7 Å². The Morgan fingerprint density at radius 1 is 1.21 bits per heavy atom. The van der Waals surface area contributed by atoms with Gasteiger partial charge in [0.2, 0.25) is 0 Å². The van der Waals surface area contributed by atoms with Crippen molar-refractivity contribution in [1.82, 2.24) is 19.8 Å². The number of hydrogen-bond acceptors (Lipinski definition) is 3. The molecule has 0 aromatic carbocycles. The SMILES string of the molecule is c1cn(CCCN2CCCC3(CCCNC3)C2)cn1. The quantitative estimate of drug-likeness (QED) is 0.897. The summed E-state index contributed by atoms with van der Waals surface area (Å²) >= 11 is 0. The van der Waals surface area contributed by atoms with Gasteiger partial charge in [-0.1, -0.05) is 0 Å². The van der Waals surface area contributed by atoms with Gasteiger partial charge in [0.1, 0.15) is 0 Å². The average Bonchev–Trinajstić information content (AvgIpc) is 2.93. The van der Waals surface area contributed by atoms with Crippen molar-refractivity contribution in [1.29, 1.82) is 0 Å². The average molecular weight is 262 g/mol. The van der Waals surface area contributed by atoms with Crippen LogP contribution in [-0.2, 0) is 6.54 Å². The van der Waals surface area contributed by atoms with Gasteiger partial charge in [-0.3, -0.25) is 0 Å². The lowest BCUT2D eigenvalue weighted by atomic mass is 9.74. The summed E-state index contributed by atoms with van der Waals surface area (Å²) in [5, 5.41) is 3.61. The van der Waals surface area contributed by atoms with Crippen molar-refractivity contribution < 1.29 is 0 Å². The van der Waals surface area contributed by atoms with Gasteiger partial charge in [0.05, 0.1) is 6.33 Å². The van der Waals surface area contributed by atoms with Crippen molar-refractivity contribution >= 4 is 0 Å². The molecule has 0 saturated carbocycles. The smallest absolute Gasteiger partial charge is 0.0945 e. The molecule has 3 rings (SSSR count). The van der Waals surface area contributed by atoms with E-state index in [1.165, 1.54) is 64.8 Å². The number of hydrogen-bond donors (Lipinski definition) is 1. The van der Waals surface area contributed by atoms with Crippen molar-refractivity contribution in [2.24, 2.45) is 5.41 Å². The van der Waals surface area contributed by atoms with E-state index < -0.39 is 0 Å². The molecule has 0 radical (unpaired) electrons. The van der Waals surface area contributed by atoms with Crippen LogP contribution in [0.1, 0.15) is 32.1 Å². The number of imidazole rings is 1.